The predicted octanol–water partition coefficient (Wildman–Crippen LogP) is 10.1. The van der Waals surface area contributed by atoms with Crippen LogP contribution < -0.4 is 4.90 Å². The predicted molar refractivity (Wildman–Crippen MR) is 162 cm³/mol. The molecule has 0 atom stereocenters. The quantitative estimate of drug-likeness (QED) is 0.236. The lowest BCUT2D eigenvalue weighted by Gasteiger charge is -2.39. The fourth-order valence-electron chi connectivity index (χ4n) is 5.82. The molecule has 180 valence electrons. The SMILES string of the molecule is CC(C)(C)N(c1cccc2sc3ccccc3c12)c1cccc2c3ccccc3n(-c3ccccc3)c12. The van der Waals surface area contributed by atoms with Gasteiger partial charge < -0.3 is 9.47 Å². The topological polar surface area (TPSA) is 8.17 Å². The smallest absolute Gasteiger partial charge is 0.0779 e. The Morgan fingerprint density at radius 1 is 0.568 bits per heavy atom. The third-order valence-corrected chi connectivity index (χ3v) is 8.36. The normalized spacial score (nSPS) is 12.2. The fourth-order valence-corrected chi connectivity index (χ4v) is 6.95. The lowest BCUT2D eigenvalue weighted by molar-refractivity contribution is 0.562. The number of nitrogens with zero attached hydrogens (tertiary/aromatic N) is 2. The molecule has 5 aromatic carbocycles. The van der Waals surface area contributed by atoms with Crippen LogP contribution >= 0.6 is 11.3 Å². The molecule has 7 aromatic rings. The van der Waals surface area contributed by atoms with Crippen LogP contribution in [0.3, 0.4) is 0 Å². The van der Waals surface area contributed by atoms with Crippen LogP contribution in [-0.2, 0) is 0 Å². The van der Waals surface area contributed by atoms with Gasteiger partial charge in [-0.3, -0.25) is 0 Å². The molecular formula is C34H28N2S. The van der Waals surface area contributed by atoms with Gasteiger partial charge in [0.15, 0.2) is 0 Å². The van der Waals surface area contributed by atoms with Crippen molar-refractivity contribution >= 4 is 64.7 Å². The molecule has 0 amide bonds. The summed E-state index contributed by atoms with van der Waals surface area (Å²) >= 11 is 1.87. The first kappa shape index (κ1) is 22.1. The Kier molecular flexibility index (Phi) is 4.92. The first-order valence-electron chi connectivity index (χ1n) is 12.8. The Bertz CT molecular complexity index is 1920. The van der Waals surface area contributed by atoms with Gasteiger partial charge in [-0.05, 0) is 63.2 Å². The van der Waals surface area contributed by atoms with E-state index >= 15 is 0 Å². The standard InChI is InChI=1S/C34H28N2S/c1-34(2,3)36(28-19-12-22-31-32(28)26-16-8-10-21-30(26)37-31)29-20-11-17-25-24-15-7-9-18-27(24)35(33(25)29)23-13-5-4-6-14-23/h4-22H,1-3H3. The Balaban J connectivity index is 1.63. The van der Waals surface area contributed by atoms with Crippen molar-refractivity contribution in [3.63, 3.8) is 0 Å². The van der Waals surface area contributed by atoms with Gasteiger partial charge >= 0.3 is 0 Å². The van der Waals surface area contributed by atoms with Crippen LogP contribution in [0.5, 0.6) is 0 Å². The maximum Gasteiger partial charge on any atom is 0.0779 e. The number of rotatable bonds is 3. The van der Waals surface area contributed by atoms with E-state index in [-0.39, 0.29) is 5.54 Å². The van der Waals surface area contributed by atoms with Crippen molar-refractivity contribution in [2.24, 2.45) is 0 Å². The maximum absolute atomic E-state index is 2.55. The van der Waals surface area contributed by atoms with Crippen molar-refractivity contribution in [3.05, 3.63) is 115 Å². The molecule has 0 unspecified atom stereocenters. The van der Waals surface area contributed by atoms with E-state index in [1.807, 2.05) is 11.3 Å². The molecule has 0 fully saturated rings. The summed E-state index contributed by atoms with van der Waals surface area (Å²) in [5, 5.41) is 5.20. The molecule has 0 saturated carbocycles. The lowest BCUT2D eigenvalue weighted by atomic mass is 9.99. The first-order chi connectivity index (χ1) is 18.0. The maximum atomic E-state index is 2.55. The Morgan fingerprint density at radius 2 is 1.19 bits per heavy atom. The number of benzene rings is 5. The van der Waals surface area contributed by atoms with Crippen LogP contribution in [0, 0.1) is 0 Å². The molecule has 0 aliphatic heterocycles. The van der Waals surface area contributed by atoms with E-state index in [9.17, 15) is 0 Å². The monoisotopic (exact) mass is 496 g/mol. The van der Waals surface area contributed by atoms with E-state index in [1.54, 1.807) is 0 Å². The average Bonchev–Trinajstić information content (AvgIpc) is 3.45. The third-order valence-electron chi connectivity index (χ3n) is 7.22. The second-order valence-electron chi connectivity index (χ2n) is 10.6. The van der Waals surface area contributed by atoms with Crippen molar-refractivity contribution in [1.82, 2.24) is 4.57 Å². The van der Waals surface area contributed by atoms with Crippen LogP contribution in [0.25, 0.3) is 47.7 Å². The minimum absolute atomic E-state index is 0.163. The van der Waals surface area contributed by atoms with Crippen molar-refractivity contribution in [2.75, 3.05) is 4.90 Å². The van der Waals surface area contributed by atoms with Crippen LogP contribution in [0.1, 0.15) is 20.8 Å². The van der Waals surface area contributed by atoms with Crippen LogP contribution in [0.4, 0.5) is 11.4 Å². The average molecular weight is 497 g/mol. The molecule has 0 spiro atoms. The van der Waals surface area contributed by atoms with E-state index in [0.29, 0.717) is 0 Å². The fraction of sp³-hybridized carbons (Fsp3) is 0.118. The second kappa shape index (κ2) is 8.22. The van der Waals surface area contributed by atoms with Gasteiger partial charge in [-0.15, -0.1) is 11.3 Å². The van der Waals surface area contributed by atoms with Crippen molar-refractivity contribution < 1.29 is 0 Å². The highest BCUT2D eigenvalue weighted by Gasteiger charge is 2.29. The first-order valence-corrected chi connectivity index (χ1v) is 13.6. The molecule has 0 bridgehead atoms. The zero-order valence-electron chi connectivity index (χ0n) is 21.3. The Labute approximate surface area is 221 Å². The summed E-state index contributed by atoms with van der Waals surface area (Å²) in [5.74, 6) is 0. The van der Waals surface area contributed by atoms with E-state index in [4.69, 9.17) is 0 Å². The zero-order chi connectivity index (χ0) is 25.1. The van der Waals surface area contributed by atoms with Gasteiger partial charge in [0.25, 0.3) is 0 Å². The summed E-state index contributed by atoms with van der Waals surface area (Å²) in [7, 11) is 0. The van der Waals surface area contributed by atoms with Crippen LogP contribution in [-0.4, -0.2) is 10.1 Å². The number of hydrogen-bond acceptors (Lipinski definition) is 2. The second-order valence-corrected chi connectivity index (χ2v) is 11.7. The van der Waals surface area contributed by atoms with Gasteiger partial charge in [0, 0.05) is 42.2 Å². The molecular weight excluding hydrogens is 468 g/mol. The molecule has 0 saturated heterocycles. The van der Waals surface area contributed by atoms with Crippen LogP contribution in [0.15, 0.2) is 115 Å². The molecule has 0 radical (unpaired) electrons. The Morgan fingerprint density at radius 3 is 2.00 bits per heavy atom. The molecule has 0 aliphatic rings. The molecule has 2 nitrogen and oxygen atoms in total. The molecule has 0 N–H and O–H groups in total. The summed E-state index contributed by atoms with van der Waals surface area (Å²) in [6.07, 6.45) is 0. The van der Waals surface area contributed by atoms with Crippen molar-refractivity contribution in [3.8, 4) is 5.69 Å². The van der Waals surface area contributed by atoms with Gasteiger partial charge in [-0.25, -0.2) is 0 Å². The highest BCUT2D eigenvalue weighted by molar-refractivity contribution is 7.26. The molecule has 3 heteroatoms. The summed E-state index contributed by atoms with van der Waals surface area (Å²) in [6.45, 7) is 6.94. The number of anilines is 2. The summed E-state index contributed by atoms with van der Waals surface area (Å²) < 4.78 is 5.09. The summed E-state index contributed by atoms with van der Waals surface area (Å²) in [5.41, 5.74) is 5.94. The summed E-state index contributed by atoms with van der Waals surface area (Å²) in [6, 6.07) is 41.8. The number of hydrogen-bond donors (Lipinski definition) is 0. The molecule has 7 rings (SSSR count). The number of thiophene rings is 1. The third kappa shape index (κ3) is 3.38. The zero-order valence-corrected chi connectivity index (χ0v) is 22.1. The van der Waals surface area contributed by atoms with Crippen molar-refractivity contribution in [1.29, 1.82) is 0 Å². The van der Waals surface area contributed by atoms with Gasteiger partial charge in [0.1, 0.15) is 0 Å². The van der Waals surface area contributed by atoms with E-state index in [1.165, 1.54) is 59.0 Å². The molecule has 2 heterocycles. The van der Waals surface area contributed by atoms with Gasteiger partial charge in [0.2, 0.25) is 0 Å². The Hall–Kier alpha value is -4.08. The van der Waals surface area contributed by atoms with E-state index < -0.39 is 0 Å². The largest absolute Gasteiger partial charge is 0.334 e. The minimum atomic E-state index is -0.163. The minimum Gasteiger partial charge on any atom is -0.334 e. The van der Waals surface area contributed by atoms with E-state index in [0.717, 1.165) is 0 Å². The van der Waals surface area contributed by atoms with Gasteiger partial charge in [-0.1, -0.05) is 72.8 Å². The molecule has 2 aromatic heterocycles. The highest BCUT2D eigenvalue weighted by Crippen LogP contribution is 2.47. The molecule has 0 aliphatic carbocycles. The molecule has 37 heavy (non-hydrogen) atoms. The summed E-state index contributed by atoms with van der Waals surface area (Å²) in [4.78, 5) is 2.55. The van der Waals surface area contributed by atoms with E-state index in [2.05, 4.69) is 145 Å². The van der Waals surface area contributed by atoms with Gasteiger partial charge in [0.05, 0.1) is 22.4 Å². The van der Waals surface area contributed by atoms with Gasteiger partial charge in [-0.2, -0.15) is 0 Å². The highest BCUT2D eigenvalue weighted by atomic mass is 32.1. The van der Waals surface area contributed by atoms with Crippen molar-refractivity contribution in [2.45, 2.75) is 26.3 Å². The number of aromatic nitrogens is 1. The lowest BCUT2D eigenvalue weighted by Crippen LogP contribution is -2.38. The number of para-hydroxylation sites is 3. The van der Waals surface area contributed by atoms with Crippen LogP contribution in [0.2, 0.25) is 0 Å². The number of fused-ring (bicyclic) bond motifs is 6.